The third kappa shape index (κ3) is 3.75. The number of hydrogen-bond acceptors (Lipinski definition) is 4. The van der Waals surface area contributed by atoms with Crippen LogP contribution in [0.25, 0.3) is 10.8 Å². The number of benzene rings is 2. The SMILES string of the molecule is CCc1nc(C(=O)NC(CN)c2ccc3ccccc3c2)co1.Cl. The summed E-state index contributed by atoms with van der Waals surface area (Å²) in [5.41, 5.74) is 7.10. The number of halogens is 1. The number of rotatable bonds is 5. The summed E-state index contributed by atoms with van der Waals surface area (Å²) < 4.78 is 5.21. The Morgan fingerprint density at radius 2 is 2.00 bits per heavy atom. The first-order valence-corrected chi connectivity index (χ1v) is 7.65. The number of amides is 1. The van der Waals surface area contributed by atoms with Gasteiger partial charge in [-0.3, -0.25) is 4.79 Å². The smallest absolute Gasteiger partial charge is 0.273 e. The van der Waals surface area contributed by atoms with Crippen molar-refractivity contribution in [1.29, 1.82) is 0 Å². The summed E-state index contributed by atoms with van der Waals surface area (Å²) in [6, 6.07) is 13.9. The average Bonchev–Trinajstić information content (AvgIpc) is 3.08. The summed E-state index contributed by atoms with van der Waals surface area (Å²) in [7, 11) is 0. The van der Waals surface area contributed by atoms with Crippen LogP contribution in [-0.4, -0.2) is 17.4 Å². The summed E-state index contributed by atoms with van der Waals surface area (Å²) in [6.07, 6.45) is 2.03. The van der Waals surface area contributed by atoms with Gasteiger partial charge in [0.2, 0.25) is 0 Å². The lowest BCUT2D eigenvalue weighted by Gasteiger charge is -2.17. The molecule has 3 rings (SSSR count). The van der Waals surface area contributed by atoms with E-state index in [4.69, 9.17) is 10.2 Å². The van der Waals surface area contributed by atoms with E-state index in [2.05, 4.69) is 16.4 Å². The van der Waals surface area contributed by atoms with Crippen molar-refractivity contribution in [3.63, 3.8) is 0 Å². The molecule has 24 heavy (non-hydrogen) atoms. The first-order valence-electron chi connectivity index (χ1n) is 7.65. The minimum Gasteiger partial charge on any atom is -0.448 e. The highest BCUT2D eigenvalue weighted by Gasteiger charge is 2.17. The molecule has 0 aliphatic heterocycles. The van der Waals surface area contributed by atoms with E-state index in [0.29, 0.717) is 18.9 Å². The number of carbonyl (C=O) groups excluding carboxylic acids is 1. The van der Waals surface area contributed by atoms with Gasteiger partial charge in [-0.15, -0.1) is 12.4 Å². The zero-order valence-electron chi connectivity index (χ0n) is 13.4. The maximum Gasteiger partial charge on any atom is 0.273 e. The molecule has 0 radical (unpaired) electrons. The van der Waals surface area contributed by atoms with Gasteiger partial charge in [-0.2, -0.15) is 0 Å². The standard InChI is InChI=1S/C18H19N3O2.ClH/c1-2-17-20-16(11-23-17)18(22)21-15(10-19)14-8-7-12-5-3-4-6-13(12)9-14;/h3-9,11,15H,2,10,19H2,1H3,(H,21,22);1H. The van der Waals surface area contributed by atoms with Crippen molar-refractivity contribution in [2.45, 2.75) is 19.4 Å². The normalized spacial score (nSPS) is 11.8. The van der Waals surface area contributed by atoms with Crippen molar-refractivity contribution in [3.8, 4) is 0 Å². The van der Waals surface area contributed by atoms with Crippen LogP contribution in [0.3, 0.4) is 0 Å². The Morgan fingerprint density at radius 1 is 1.25 bits per heavy atom. The summed E-state index contributed by atoms with van der Waals surface area (Å²) >= 11 is 0. The number of carbonyl (C=O) groups is 1. The molecule has 0 fully saturated rings. The first-order chi connectivity index (χ1) is 11.2. The molecular formula is C18H20ClN3O2. The average molecular weight is 346 g/mol. The van der Waals surface area contributed by atoms with Gasteiger partial charge in [0, 0.05) is 13.0 Å². The van der Waals surface area contributed by atoms with Crippen LogP contribution >= 0.6 is 12.4 Å². The molecule has 0 bridgehead atoms. The molecular weight excluding hydrogens is 326 g/mol. The van der Waals surface area contributed by atoms with Crippen LogP contribution in [0.5, 0.6) is 0 Å². The van der Waals surface area contributed by atoms with Gasteiger partial charge in [0.25, 0.3) is 5.91 Å². The number of nitrogens with zero attached hydrogens (tertiary/aromatic N) is 1. The van der Waals surface area contributed by atoms with Crippen LogP contribution in [0.15, 0.2) is 53.1 Å². The lowest BCUT2D eigenvalue weighted by Crippen LogP contribution is -2.33. The van der Waals surface area contributed by atoms with Gasteiger partial charge in [-0.25, -0.2) is 4.98 Å². The van der Waals surface area contributed by atoms with Crippen molar-refractivity contribution in [2.24, 2.45) is 5.73 Å². The molecule has 0 aliphatic carbocycles. The van der Waals surface area contributed by atoms with Crippen LogP contribution in [0.1, 0.15) is 34.9 Å². The molecule has 1 unspecified atom stereocenters. The van der Waals surface area contributed by atoms with Gasteiger partial charge in [-0.05, 0) is 22.4 Å². The molecule has 3 aromatic rings. The Hall–Kier alpha value is -2.37. The minimum atomic E-state index is -0.281. The van der Waals surface area contributed by atoms with Crippen molar-refractivity contribution in [1.82, 2.24) is 10.3 Å². The molecule has 126 valence electrons. The van der Waals surface area contributed by atoms with Gasteiger partial charge < -0.3 is 15.5 Å². The fourth-order valence-corrected chi connectivity index (χ4v) is 2.51. The van der Waals surface area contributed by atoms with Gasteiger partial charge in [0.15, 0.2) is 11.6 Å². The summed E-state index contributed by atoms with van der Waals surface area (Å²) in [4.78, 5) is 16.4. The molecule has 5 nitrogen and oxygen atoms in total. The van der Waals surface area contributed by atoms with Crippen LogP contribution in [0.2, 0.25) is 0 Å². The molecule has 0 saturated heterocycles. The largest absolute Gasteiger partial charge is 0.448 e. The van der Waals surface area contributed by atoms with Gasteiger partial charge in [0.05, 0.1) is 6.04 Å². The van der Waals surface area contributed by atoms with Gasteiger partial charge in [-0.1, -0.05) is 43.3 Å². The predicted molar refractivity (Wildman–Crippen MR) is 96.3 cm³/mol. The van der Waals surface area contributed by atoms with E-state index in [1.807, 2.05) is 43.3 Å². The number of aryl methyl sites for hydroxylation is 1. The second kappa shape index (κ2) is 7.95. The highest BCUT2D eigenvalue weighted by atomic mass is 35.5. The number of oxazole rings is 1. The summed E-state index contributed by atoms with van der Waals surface area (Å²) in [6.45, 7) is 2.23. The summed E-state index contributed by atoms with van der Waals surface area (Å²) in [5.74, 6) is 0.266. The fourth-order valence-electron chi connectivity index (χ4n) is 2.51. The Labute approximate surface area is 146 Å². The third-order valence-corrected chi connectivity index (χ3v) is 3.80. The van der Waals surface area contributed by atoms with Crippen molar-refractivity contribution >= 4 is 29.1 Å². The van der Waals surface area contributed by atoms with E-state index in [1.165, 1.54) is 6.26 Å². The molecule has 1 amide bonds. The summed E-state index contributed by atoms with van der Waals surface area (Å²) in [5, 5.41) is 5.19. The topological polar surface area (TPSA) is 81.2 Å². The number of nitrogens with two attached hydrogens (primary N) is 1. The molecule has 1 aromatic heterocycles. The minimum absolute atomic E-state index is 0. The quantitative estimate of drug-likeness (QED) is 0.743. The molecule has 0 saturated carbocycles. The number of nitrogens with one attached hydrogen (secondary N) is 1. The number of hydrogen-bond donors (Lipinski definition) is 2. The Kier molecular flexibility index (Phi) is 5.95. The molecule has 1 atom stereocenters. The molecule has 6 heteroatoms. The maximum absolute atomic E-state index is 12.3. The monoisotopic (exact) mass is 345 g/mol. The zero-order chi connectivity index (χ0) is 16.2. The molecule has 2 aromatic carbocycles. The molecule has 0 aliphatic rings. The van der Waals surface area contributed by atoms with Crippen LogP contribution < -0.4 is 11.1 Å². The zero-order valence-corrected chi connectivity index (χ0v) is 14.2. The van der Waals surface area contributed by atoms with Crippen LogP contribution in [0, 0.1) is 0 Å². The molecule has 0 spiro atoms. The first kappa shape index (κ1) is 18.0. The number of fused-ring (bicyclic) bond motifs is 1. The molecule has 3 N–H and O–H groups in total. The van der Waals surface area contributed by atoms with Gasteiger partial charge >= 0.3 is 0 Å². The van der Waals surface area contributed by atoms with Crippen LogP contribution in [-0.2, 0) is 6.42 Å². The van der Waals surface area contributed by atoms with E-state index in [9.17, 15) is 4.79 Å². The lowest BCUT2D eigenvalue weighted by molar-refractivity contribution is 0.0932. The van der Waals surface area contributed by atoms with Gasteiger partial charge in [0.1, 0.15) is 6.26 Å². The van der Waals surface area contributed by atoms with Crippen molar-refractivity contribution < 1.29 is 9.21 Å². The lowest BCUT2D eigenvalue weighted by atomic mass is 10.0. The Balaban J connectivity index is 0.00000208. The van der Waals surface area contributed by atoms with E-state index in [-0.39, 0.29) is 30.0 Å². The van der Waals surface area contributed by atoms with Crippen LogP contribution in [0.4, 0.5) is 0 Å². The third-order valence-electron chi connectivity index (χ3n) is 3.80. The van der Waals surface area contributed by atoms with E-state index >= 15 is 0 Å². The van der Waals surface area contributed by atoms with Crippen molar-refractivity contribution in [3.05, 3.63) is 65.9 Å². The van der Waals surface area contributed by atoms with Crippen molar-refractivity contribution in [2.75, 3.05) is 6.54 Å². The second-order valence-corrected chi connectivity index (χ2v) is 5.35. The maximum atomic E-state index is 12.3. The van der Waals surface area contributed by atoms with E-state index in [0.717, 1.165) is 16.3 Å². The van der Waals surface area contributed by atoms with E-state index in [1.54, 1.807) is 0 Å². The predicted octanol–water partition coefficient (Wildman–Crippen LogP) is 3.24. The second-order valence-electron chi connectivity index (χ2n) is 5.35. The highest BCUT2D eigenvalue weighted by Crippen LogP contribution is 2.20. The number of aromatic nitrogens is 1. The Morgan fingerprint density at radius 3 is 2.67 bits per heavy atom. The Bertz CT molecular complexity index is 832. The fraction of sp³-hybridized carbons (Fsp3) is 0.222. The molecule has 1 heterocycles. The highest BCUT2D eigenvalue weighted by molar-refractivity contribution is 5.92. The van der Waals surface area contributed by atoms with E-state index < -0.39 is 0 Å².